The molecule has 1 spiro atoms. The number of hydrogen-bond donors (Lipinski definition) is 2. The molecular formula is C22H31ClN2O4. The van der Waals surface area contributed by atoms with E-state index in [1.54, 1.807) is 0 Å². The maximum Gasteiger partial charge on any atom is 0.325 e. The first kappa shape index (κ1) is 21.9. The Labute approximate surface area is 177 Å². The van der Waals surface area contributed by atoms with Crippen LogP contribution in [0.2, 0.25) is 5.02 Å². The Morgan fingerprint density at radius 2 is 1.97 bits per heavy atom. The predicted molar refractivity (Wildman–Crippen MR) is 112 cm³/mol. The number of ether oxygens (including phenoxy) is 1. The van der Waals surface area contributed by atoms with Gasteiger partial charge in [-0.15, -0.1) is 0 Å². The van der Waals surface area contributed by atoms with Crippen molar-refractivity contribution in [2.24, 2.45) is 5.92 Å². The number of amides is 3. The van der Waals surface area contributed by atoms with Gasteiger partial charge in [0.15, 0.2) is 0 Å². The van der Waals surface area contributed by atoms with E-state index in [-0.39, 0.29) is 25.0 Å². The van der Waals surface area contributed by atoms with Gasteiger partial charge in [-0.1, -0.05) is 32.4 Å². The summed E-state index contributed by atoms with van der Waals surface area (Å²) in [4.78, 5) is 26.5. The average molecular weight is 423 g/mol. The van der Waals surface area contributed by atoms with E-state index < -0.39 is 17.7 Å². The molecule has 2 fully saturated rings. The molecule has 3 amide bonds. The summed E-state index contributed by atoms with van der Waals surface area (Å²) in [6.45, 7) is 8.06. The Balaban J connectivity index is 1.63. The zero-order valence-electron chi connectivity index (χ0n) is 17.6. The van der Waals surface area contributed by atoms with Gasteiger partial charge in [-0.25, -0.2) is 4.79 Å². The molecule has 29 heavy (non-hydrogen) atoms. The van der Waals surface area contributed by atoms with E-state index in [1.165, 1.54) is 0 Å². The second-order valence-corrected chi connectivity index (χ2v) is 9.28. The topological polar surface area (TPSA) is 78.9 Å². The van der Waals surface area contributed by atoms with Crippen LogP contribution in [0.15, 0.2) is 12.1 Å². The number of aryl methyl sites for hydroxylation is 1. The molecule has 0 bridgehead atoms. The standard InChI is InChI=1S/C22H31ClN2O4/c1-13(2)17-10-18(23)15(4)9-19(17)29-12-16(26)11-25-20(27)22(24-21(25)28)7-5-14(3)6-8-22/h9-10,13-14,16,26H,5-8,11-12H2,1-4H3,(H,24,28). The SMILES string of the molecule is Cc1cc(OCC(O)CN2C(=O)NC3(CCC(C)CC3)C2=O)c(C(C)C)cc1Cl. The summed E-state index contributed by atoms with van der Waals surface area (Å²) >= 11 is 6.22. The summed E-state index contributed by atoms with van der Waals surface area (Å²) < 4.78 is 5.85. The molecule has 6 nitrogen and oxygen atoms in total. The van der Waals surface area contributed by atoms with Gasteiger partial charge < -0.3 is 15.2 Å². The normalized spacial score (nSPS) is 25.6. The van der Waals surface area contributed by atoms with E-state index in [4.69, 9.17) is 16.3 Å². The highest BCUT2D eigenvalue weighted by Gasteiger charge is 2.52. The number of urea groups is 1. The number of rotatable bonds is 6. The molecule has 1 saturated heterocycles. The maximum atomic E-state index is 12.9. The Bertz CT molecular complexity index is 787. The number of aliphatic hydroxyl groups is 1. The highest BCUT2D eigenvalue weighted by molar-refractivity contribution is 6.31. The largest absolute Gasteiger partial charge is 0.491 e. The molecule has 1 heterocycles. The zero-order chi connectivity index (χ0) is 21.3. The molecule has 1 unspecified atom stereocenters. The zero-order valence-corrected chi connectivity index (χ0v) is 18.4. The number of β-amino-alcohol motifs (C(OH)–C–C–N with tert-alkyl or cyclic N) is 1. The van der Waals surface area contributed by atoms with Gasteiger partial charge in [0, 0.05) is 5.02 Å². The third kappa shape index (κ3) is 4.53. The van der Waals surface area contributed by atoms with E-state index in [0.29, 0.717) is 29.5 Å². The summed E-state index contributed by atoms with van der Waals surface area (Å²) in [5.41, 5.74) is 1.06. The van der Waals surface area contributed by atoms with Crippen LogP contribution in [0.1, 0.15) is 63.5 Å². The van der Waals surface area contributed by atoms with E-state index in [9.17, 15) is 14.7 Å². The minimum atomic E-state index is -0.974. The Hall–Kier alpha value is -1.79. The van der Waals surface area contributed by atoms with Gasteiger partial charge >= 0.3 is 6.03 Å². The van der Waals surface area contributed by atoms with Crippen LogP contribution in [0.5, 0.6) is 5.75 Å². The van der Waals surface area contributed by atoms with Gasteiger partial charge in [0.25, 0.3) is 5.91 Å². The van der Waals surface area contributed by atoms with Gasteiger partial charge in [-0.3, -0.25) is 9.69 Å². The molecule has 1 aliphatic heterocycles. The van der Waals surface area contributed by atoms with E-state index in [0.717, 1.165) is 28.9 Å². The van der Waals surface area contributed by atoms with Crippen molar-refractivity contribution in [2.45, 2.75) is 70.9 Å². The molecule has 2 aliphatic rings. The van der Waals surface area contributed by atoms with Crippen molar-refractivity contribution in [3.05, 3.63) is 28.3 Å². The lowest BCUT2D eigenvalue weighted by atomic mass is 9.77. The fraction of sp³-hybridized carbons (Fsp3) is 0.636. The summed E-state index contributed by atoms with van der Waals surface area (Å²) in [5.74, 6) is 1.21. The minimum Gasteiger partial charge on any atom is -0.491 e. The van der Waals surface area contributed by atoms with Crippen LogP contribution in [0, 0.1) is 12.8 Å². The third-order valence-electron chi connectivity index (χ3n) is 6.11. The number of halogens is 1. The molecule has 3 rings (SSSR count). The second-order valence-electron chi connectivity index (χ2n) is 8.87. The van der Waals surface area contributed by atoms with E-state index >= 15 is 0 Å². The lowest BCUT2D eigenvalue weighted by Gasteiger charge is -2.33. The van der Waals surface area contributed by atoms with Crippen molar-refractivity contribution in [1.82, 2.24) is 10.2 Å². The lowest BCUT2D eigenvalue weighted by molar-refractivity contribution is -0.133. The molecule has 1 aromatic carbocycles. The smallest absolute Gasteiger partial charge is 0.325 e. The minimum absolute atomic E-state index is 0.0120. The second kappa shape index (κ2) is 8.52. The molecular weight excluding hydrogens is 392 g/mol. The highest BCUT2D eigenvalue weighted by Crippen LogP contribution is 2.36. The summed E-state index contributed by atoms with van der Waals surface area (Å²) in [5, 5.41) is 14.0. The lowest BCUT2D eigenvalue weighted by Crippen LogP contribution is -2.49. The third-order valence-corrected chi connectivity index (χ3v) is 6.52. The van der Waals surface area contributed by atoms with Crippen LogP contribution in [-0.4, -0.2) is 46.7 Å². The van der Waals surface area contributed by atoms with Crippen LogP contribution in [0.4, 0.5) is 4.79 Å². The molecule has 1 aromatic rings. The Morgan fingerprint density at radius 3 is 2.59 bits per heavy atom. The summed E-state index contributed by atoms with van der Waals surface area (Å²) in [6.07, 6.45) is 2.17. The van der Waals surface area contributed by atoms with Crippen LogP contribution in [0.25, 0.3) is 0 Å². The van der Waals surface area contributed by atoms with Gasteiger partial charge in [0.2, 0.25) is 0 Å². The van der Waals surface area contributed by atoms with E-state index in [1.807, 2.05) is 32.9 Å². The molecule has 1 aliphatic carbocycles. The number of hydrogen-bond acceptors (Lipinski definition) is 4. The van der Waals surface area contributed by atoms with Gasteiger partial charge in [0.1, 0.15) is 24.0 Å². The summed E-state index contributed by atoms with van der Waals surface area (Å²) in [6, 6.07) is 3.32. The summed E-state index contributed by atoms with van der Waals surface area (Å²) in [7, 11) is 0. The van der Waals surface area contributed by atoms with Crippen LogP contribution in [-0.2, 0) is 4.79 Å². The average Bonchev–Trinajstić information content (AvgIpc) is 2.89. The molecule has 0 radical (unpaired) electrons. The van der Waals surface area contributed by atoms with Crippen LogP contribution < -0.4 is 10.1 Å². The molecule has 7 heteroatoms. The molecule has 1 atom stereocenters. The number of carbonyl (C=O) groups excluding carboxylic acids is 2. The van der Waals surface area contributed by atoms with Crippen molar-refractivity contribution in [3.8, 4) is 5.75 Å². The first-order valence-corrected chi connectivity index (χ1v) is 10.8. The Kier molecular flexibility index (Phi) is 6.44. The van der Waals surface area contributed by atoms with Crippen molar-refractivity contribution in [2.75, 3.05) is 13.2 Å². The number of nitrogens with one attached hydrogen (secondary N) is 1. The van der Waals surface area contributed by atoms with Gasteiger partial charge in [-0.05, 0) is 67.7 Å². The fourth-order valence-electron chi connectivity index (χ4n) is 4.13. The number of aliphatic hydroxyl groups excluding tert-OH is 1. The number of benzene rings is 1. The molecule has 0 aromatic heterocycles. The van der Waals surface area contributed by atoms with Crippen LogP contribution >= 0.6 is 11.6 Å². The quantitative estimate of drug-likeness (QED) is 0.679. The van der Waals surface area contributed by atoms with Crippen LogP contribution in [0.3, 0.4) is 0 Å². The van der Waals surface area contributed by atoms with Crippen molar-refractivity contribution < 1.29 is 19.4 Å². The number of nitrogens with zero attached hydrogens (tertiary/aromatic N) is 1. The fourth-order valence-corrected chi connectivity index (χ4v) is 4.30. The molecule has 1 saturated carbocycles. The monoisotopic (exact) mass is 422 g/mol. The Morgan fingerprint density at radius 1 is 1.31 bits per heavy atom. The maximum absolute atomic E-state index is 12.9. The van der Waals surface area contributed by atoms with Crippen molar-refractivity contribution >= 4 is 23.5 Å². The van der Waals surface area contributed by atoms with Gasteiger partial charge in [0.05, 0.1) is 6.54 Å². The van der Waals surface area contributed by atoms with Crippen molar-refractivity contribution in [1.29, 1.82) is 0 Å². The number of carbonyl (C=O) groups is 2. The highest BCUT2D eigenvalue weighted by atomic mass is 35.5. The first-order valence-electron chi connectivity index (χ1n) is 10.4. The first-order chi connectivity index (χ1) is 13.6. The molecule has 160 valence electrons. The van der Waals surface area contributed by atoms with Gasteiger partial charge in [-0.2, -0.15) is 0 Å². The predicted octanol–water partition coefficient (Wildman–Crippen LogP) is 4.01. The number of imide groups is 1. The molecule has 2 N–H and O–H groups in total. The van der Waals surface area contributed by atoms with E-state index in [2.05, 4.69) is 12.2 Å². The van der Waals surface area contributed by atoms with Crippen molar-refractivity contribution in [3.63, 3.8) is 0 Å².